The van der Waals surface area contributed by atoms with Gasteiger partial charge in [0.05, 0.1) is 12.4 Å². The van der Waals surface area contributed by atoms with Crippen LogP contribution in [0.1, 0.15) is 22.6 Å². The van der Waals surface area contributed by atoms with Gasteiger partial charge in [-0.1, -0.05) is 24.3 Å². The molecule has 2 aromatic heterocycles. The van der Waals surface area contributed by atoms with Gasteiger partial charge in [0.25, 0.3) is 0 Å². The third kappa shape index (κ3) is 2.77. The molecule has 0 amide bonds. The monoisotopic (exact) mass is 357 g/mol. The van der Waals surface area contributed by atoms with Crippen molar-refractivity contribution in [3.05, 3.63) is 65.7 Å². The van der Waals surface area contributed by atoms with E-state index in [4.69, 9.17) is 0 Å². The molecule has 130 valence electrons. The molecule has 4 rings (SSSR count). The van der Waals surface area contributed by atoms with Crippen molar-refractivity contribution in [2.75, 3.05) is 6.54 Å². The summed E-state index contributed by atoms with van der Waals surface area (Å²) in [4.78, 5) is 0.222. The molecule has 0 fully saturated rings. The minimum atomic E-state index is -3.60. The molecule has 3 aromatic rings. The van der Waals surface area contributed by atoms with Gasteiger partial charge < -0.3 is 0 Å². The summed E-state index contributed by atoms with van der Waals surface area (Å²) < 4.78 is 30.9. The minimum absolute atomic E-state index is 0.0369. The summed E-state index contributed by atoms with van der Waals surface area (Å²) in [6.45, 7) is 0.754. The third-order valence-electron chi connectivity index (χ3n) is 4.61. The molecule has 25 heavy (non-hydrogen) atoms. The molecule has 0 N–H and O–H groups in total. The Hall–Kier alpha value is -2.45. The Labute approximate surface area is 146 Å². The average Bonchev–Trinajstić information content (AvgIpc) is 3.22. The van der Waals surface area contributed by atoms with E-state index in [0.717, 1.165) is 16.7 Å². The lowest BCUT2D eigenvalue weighted by Crippen LogP contribution is -2.38. The van der Waals surface area contributed by atoms with Crippen molar-refractivity contribution in [2.45, 2.75) is 17.4 Å². The first-order chi connectivity index (χ1) is 11.9. The number of aryl methyl sites for hydroxylation is 2. The first kappa shape index (κ1) is 16.0. The van der Waals surface area contributed by atoms with Crippen LogP contribution in [-0.4, -0.2) is 38.8 Å². The van der Waals surface area contributed by atoms with Crippen molar-refractivity contribution in [2.24, 2.45) is 14.1 Å². The smallest absolute Gasteiger partial charge is 0.246 e. The maximum Gasteiger partial charge on any atom is 0.246 e. The fraction of sp³-hybridized carbons (Fsp3) is 0.294. The second-order valence-electron chi connectivity index (χ2n) is 6.35. The fourth-order valence-corrected chi connectivity index (χ4v) is 4.76. The minimum Gasteiger partial charge on any atom is -0.276 e. The van der Waals surface area contributed by atoms with Gasteiger partial charge in [-0.2, -0.15) is 14.5 Å². The highest BCUT2D eigenvalue weighted by molar-refractivity contribution is 7.89. The van der Waals surface area contributed by atoms with Crippen LogP contribution < -0.4 is 0 Å². The lowest BCUT2D eigenvalue weighted by atomic mass is 9.87. The molecule has 1 aliphatic rings. The van der Waals surface area contributed by atoms with Crippen molar-refractivity contribution in [3.8, 4) is 0 Å². The average molecular weight is 357 g/mol. The van der Waals surface area contributed by atoms with Gasteiger partial charge in [0, 0.05) is 45.5 Å². The molecule has 7 nitrogen and oxygen atoms in total. The number of hydrogen-bond acceptors (Lipinski definition) is 4. The summed E-state index contributed by atoms with van der Waals surface area (Å²) >= 11 is 0. The molecular weight excluding hydrogens is 338 g/mol. The Morgan fingerprint density at radius 2 is 1.76 bits per heavy atom. The zero-order valence-corrected chi connectivity index (χ0v) is 14.9. The number of sulfonamides is 1. The van der Waals surface area contributed by atoms with Gasteiger partial charge in [0.2, 0.25) is 10.0 Å². The molecule has 8 heteroatoms. The van der Waals surface area contributed by atoms with Crippen molar-refractivity contribution >= 4 is 10.0 Å². The molecule has 0 saturated carbocycles. The fourth-order valence-electron chi connectivity index (χ4n) is 3.34. The Morgan fingerprint density at radius 1 is 1.04 bits per heavy atom. The summed E-state index contributed by atoms with van der Waals surface area (Å²) in [7, 11) is -0.0205. The molecule has 0 spiro atoms. The normalized spacial score (nSPS) is 18.2. The standard InChI is InChI=1S/C17H19N5O2S/c1-20-9-14(7-18-20)17-12-22(10-13-5-3-4-6-16(13)17)25(23,24)15-8-19-21(2)11-15/h3-9,11,17H,10,12H2,1-2H3/t17-/m1/s1. The van der Waals surface area contributed by atoms with Gasteiger partial charge in [0.15, 0.2) is 0 Å². The van der Waals surface area contributed by atoms with E-state index < -0.39 is 10.0 Å². The predicted molar refractivity (Wildman–Crippen MR) is 92.3 cm³/mol. The highest BCUT2D eigenvalue weighted by atomic mass is 32.2. The maximum absolute atomic E-state index is 13.0. The van der Waals surface area contributed by atoms with E-state index in [1.165, 1.54) is 21.4 Å². The first-order valence-electron chi connectivity index (χ1n) is 8.00. The zero-order valence-electron chi connectivity index (χ0n) is 14.1. The molecule has 1 aliphatic heterocycles. The van der Waals surface area contributed by atoms with Gasteiger partial charge >= 0.3 is 0 Å². The molecule has 0 unspecified atom stereocenters. The quantitative estimate of drug-likeness (QED) is 0.712. The van der Waals surface area contributed by atoms with E-state index in [9.17, 15) is 8.42 Å². The Morgan fingerprint density at radius 3 is 2.44 bits per heavy atom. The summed E-state index contributed by atoms with van der Waals surface area (Å²) in [5.74, 6) is -0.0369. The highest BCUT2D eigenvalue weighted by Gasteiger charge is 2.34. The van der Waals surface area contributed by atoms with Gasteiger partial charge in [-0.15, -0.1) is 0 Å². The molecule has 0 saturated heterocycles. The van der Waals surface area contributed by atoms with Crippen molar-refractivity contribution in [3.63, 3.8) is 0 Å². The molecule has 0 radical (unpaired) electrons. The van der Waals surface area contributed by atoms with Gasteiger partial charge in [-0.3, -0.25) is 9.36 Å². The zero-order chi connectivity index (χ0) is 17.6. The SMILES string of the molecule is Cn1cc([C@H]2CN(S(=O)(=O)c3cnn(C)c3)Cc3ccccc32)cn1. The Kier molecular flexibility index (Phi) is 3.73. The Balaban J connectivity index is 1.77. The van der Waals surface area contributed by atoms with Crippen LogP contribution in [0.25, 0.3) is 0 Å². The second-order valence-corrected chi connectivity index (χ2v) is 8.28. The lowest BCUT2D eigenvalue weighted by molar-refractivity contribution is 0.371. The first-order valence-corrected chi connectivity index (χ1v) is 9.44. The van der Waals surface area contributed by atoms with E-state index in [2.05, 4.69) is 16.3 Å². The number of hydrogen-bond donors (Lipinski definition) is 0. The summed E-state index contributed by atoms with van der Waals surface area (Å²) in [6, 6.07) is 8.00. The number of nitrogens with zero attached hydrogens (tertiary/aromatic N) is 5. The predicted octanol–water partition coefficient (Wildman–Crippen LogP) is 1.49. The van der Waals surface area contributed by atoms with Crippen LogP contribution in [-0.2, 0) is 30.7 Å². The number of benzene rings is 1. The Bertz CT molecular complexity index is 1020. The third-order valence-corrected chi connectivity index (χ3v) is 6.37. The molecule has 1 aromatic carbocycles. The van der Waals surface area contributed by atoms with Gasteiger partial charge in [-0.05, 0) is 16.7 Å². The number of rotatable bonds is 3. The van der Waals surface area contributed by atoms with Crippen LogP contribution in [0.5, 0.6) is 0 Å². The van der Waals surface area contributed by atoms with E-state index in [1.807, 2.05) is 37.6 Å². The molecule has 0 bridgehead atoms. The maximum atomic E-state index is 13.0. The van der Waals surface area contributed by atoms with Crippen LogP contribution in [0.15, 0.2) is 53.9 Å². The van der Waals surface area contributed by atoms with Crippen LogP contribution >= 0.6 is 0 Å². The molecule has 1 atom stereocenters. The van der Waals surface area contributed by atoms with E-state index in [0.29, 0.717) is 13.1 Å². The molecular formula is C17H19N5O2S. The van der Waals surface area contributed by atoms with E-state index in [1.54, 1.807) is 11.7 Å². The van der Waals surface area contributed by atoms with Crippen LogP contribution in [0, 0.1) is 0 Å². The van der Waals surface area contributed by atoms with Crippen molar-refractivity contribution < 1.29 is 8.42 Å². The van der Waals surface area contributed by atoms with Gasteiger partial charge in [0.1, 0.15) is 4.90 Å². The van der Waals surface area contributed by atoms with Gasteiger partial charge in [-0.25, -0.2) is 8.42 Å². The van der Waals surface area contributed by atoms with Crippen molar-refractivity contribution in [1.29, 1.82) is 0 Å². The van der Waals surface area contributed by atoms with E-state index >= 15 is 0 Å². The second kappa shape index (κ2) is 5.82. The van der Waals surface area contributed by atoms with Crippen LogP contribution in [0.4, 0.5) is 0 Å². The number of aromatic nitrogens is 4. The largest absolute Gasteiger partial charge is 0.276 e. The van der Waals surface area contributed by atoms with Crippen LogP contribution in [0.3, 0.4) is 0 Å². The highest BCUT2D eigenvalue weighted by Crippen LogP contribution is 2.35. The molecule has 3 heterocycles. The lowest BCUT2D eigenvalue weighted by Gasteiger charge is -2.33. The topological polar surface area (TPSA) is 73.0 Å². The molecule has 0 aliphatic carbocycles. The summed E-state index contributed by atoms with van der Waals surface area (Å²) in [5.41, 5.74) is 3.20. The summed E-state index contributed by atoms with van der Waals surface area (Å²) in [5, 5.41) is 8.25. The number of fused-ring (bicyclic) bond motifs is 1. The summed E-state index contributed by atoms with van der Waals surface area (Å²) in [6.07, 6.45) is 6.69. The van der Waals surface area contributed by atoms with Crippen LogP contribution in [0.2, 0.25) is 0 Å². The van der Waals surface area contributed by atoms with Crippen molar-refractivity contribution in [1.82, 2.24) is 23.9 Å². The van der Waals surface area contributed by atoms with E-state index in [-0.39, 0.29) is 10.8 Å².